The van der Waals surface area contributed by atoms with Crippen LogP contribution in [0.25, 0.3) is 21.8 Å². The van der Waals surface area contributed by atoms with Crippen LogP contribution in [0.4, 0.5) is 0 Å². The molecule has 23 heavy (non-hydrogen) atoms. The Balaban J connectivity index is 1.98. The first-order valence-electron chi connectivity index (χ1n) is 7.97. The Labute approximate surface area is 134 Å². The highest BCUT2D eigenvalue weighted by atomic mass is 16.4. The van der Waals surface area contributed by atoms with Crippen LogP contribution in [0, 0.1) is 0 Å². The number of benzene rings is 2. The molecule has 0 aliphatic rings. The molecule has 1 aromatic heterocycles. The number of aliphatic carboxylic acids is 1. The monoisotopic (exact) mass is 311 g/mol. The molecule has 0 aliphatic heterocycles. The summed E-state index contributed by atoms with van der Waals surface area (Å²) in [6.07, 6.45) is 3.65. The number of nitrogens with one attached hydrogen (secondary N) is 1. The maximum atomic E-state index is 10.9. The zero-order valence-electron chi connectivity index (χ0n) is 13.2. The minimum atomic E-state index is -1.02. The molecule has 0 amide bonds. The first-order chi connectivity index (χ1) is 11.1. The summed E-state index contributed by atoms with van der Waals surface area (Å²) < 4.78 is 0. The number of hydrogen-bond acceptors (Lipinski definition) is 3. The predicted molar refractivity (Wildman–Crippen MR) is 91.5 cm³/mol. The van der Waals surface area contributed by atoms with Crippen LogP contribution in [0.5, 0.6) is 0 Å². The number of H-pyrrole nitrogens is 1. The van der Waals surface area contributed by atoms with E-state index in [0.29, 0.717) is 5.82 Å². The van der Waals surface area contributed by atoms with E-state index in [0.717, 1.165) is 28.2 Å². The number of aromatic nitrogens is 2. The normalized spacial score (nSPS) is 12.8. The van der Waals surface area contributed by atoms with E-state index in [1.54, 1.807) is 0 Å². The van der Waals surface area contributed by atoms with Gasteiger partial charge in [0, 0.05) is 11.8 Å². The number of fused-ring (bicyclic) bond motifs is 3. The largest absolute Gasteiger partial charge is 0.480 e. The molecule has 0 saturated carbocycles. The molecular formula is C18H21N3O2. The first-order valence-corrected chi connectivity index (χ1v) is 7.97. The predicted octanol–water partition coefficient (Wildman–Crippen LogP) is 3.01. The molecule has 0 bridgehead atoms. The van der Waals surface area contributed by atoms with Crippen molar-refractivity contribution in [3.63, 3.8) is 0 Å². The molecule has 0 radical (unpaired) electrons. The van der Waals surface area contributed by atoms with Gasteiger partial charge in [0.1, 0.15) is 11.9 Å². The molecule has 3 aromatic rings. The number of unbranched alkanes of at least 4 members (excludes halogenated alkanes) is 1. The number of hydrogen-bond donors (Lipinski definition) is 3. The second-order valence-electron chi connectivity index (χ2n) is 5.95. The average Bonchev–Trinajstić information content (AvgIpc) is 2.95. The maximum absolute atomic E-state index is 10.9. The Morgan fingerprint density at radius 2 is 2.17 bits per heavy atom. The molecule has 0 fully saturated rings. The molecule has 0 spiro atoms. The zero-order valence-corrected chi connectivity index (χ0v) is 13.2. The minimum Gasteiger partial charge on any atom is -0.480 e. The van der Waals surface area contributed by atoms with Crippen molar-refractivity contribution in [1.82, 2.24) is 9.97 Å². The van der Waals surface area contributed by atoms with E-state index in [-0.39, 0.29) is 6.42 Å². The molecule has 3 rings (SSSR count). The van der Waals surface area contributed by atoms with E-state index in [1.807, 2.05) is 6.07 Å². The maximum Gasteiger partial charge on any atom is 0.320 e. The highest BCUT2D eigenvalue weighted by molar-refractivity contribution is 6.04. The topological polar surface area (TPSA) is 92.0 Å². The average molecular weight is 311 g/mol. The van der Waals surface area contributed by atoms with Gasteiger partial charge in [-0.15, -0.1) is 0 Å². The number of nitrogens with two attached hydrogens (primary N) is 1. The molecule has 0 unspecified atom stereocenters. The summed E-state index contributed by atoms with van der Waals surface area (Å²) in [7, 11) is 0. The third-order valence-electron chi connectivity index (χ3n) is 4.13. The Kier molecular flexibility index (Phi) is 4.30. The van der Waals surface area contributed by atoms with Gasteiger partial charge in [0.05, 0.1) is 11.0 Å². The number of carbonyl (C=O) groups is 1. The summed E-state index contributed by atoms with van der Waals surface area (Å²) in [6, 6.07) is 9.58. The van der Waals surface area contributed by atoms with E-state index < -0.39 is 12.0 Å². The van der Waals surface area contributed by atoms with Gasteiger partial charge in [-0.1, -0.05) is 37.6 Å². The number of aryl methyl sites for hydroxylation is 1. The van der Waals surface area contributed by atoms with Crippen LogP contribution >= 0.6 is 0 Å². The zero-order chi connectivity index (χ0) is 16.4. The molecule has 2 aromatic carbocycles. The van der Waals surface area contributed by atoms with Crippen molar-refractivity contribution in [2.24, 2.45) is 5.73 Å². The third kappa shape index (κ3) is 3.19. The van der Waals surface area contributed by atoms with Crippen molar-refractivity contribution < 1.29 is 9.90 Å². The highest BCUT2D eigenvalue weighted by Gasteiger charge is 2.15. The molecule has 0 aliphatic carbocycles. The Hall–Kier alpha value is -2.40. The fraction of sp³-hybridized carbons (Fsp3) is 0.333. The van der Waals surface area contributed by atoms with Crippen molar-refractivity contribution in [3.05, 3.63) is 41.7 Å². The summed E-state index contributed by atoms with van der Waals surface area (Å²) in [5.74, 6) is -0.409. The summed E-state index contributed by atoms with van der Waals surface area (Å²) >= 11 is 0. The molecular weight excluding hydrogens is 290 g/mol. The SMILES string of the molecule is CCCCc1ccc2c(ccc3[nH]c(C[C@H](N)C(=O)O)nc32)c1. The van der Waals surface area contributed by atoms with Crippen molar-refractivity contribution in [2.45, 2.75) is 38.6 Å². The second-order valence-corrected chi connectivity index (χ2v) is 5.95. The molecule has 1 heterocycles. The number of carboxylic acid groups (broad SMARTS) is 1. The number of aromatic amines is 1. The van der Waals surface area contributed by atoms with Crippen LogP contribution in [0.2, 0.25) is 0 Å². The molecule has 120 valence electrons. The van der Waals surface area contributed by atoms with Gasteiger partial charge < -0.3 is 15.8 Å². The lowest BCUT2D eigenvalue weighted by Gasteiger charge is -2.03. The lowest BCUT2D eigenvalue weighted by molar-refractivity contribution is -0.138. The summed E-state index contributed by atoms with van der Waals surface area (Å²) in [4.78, 5) is 18.6. The van der Waals surface area contributed by atoms with Gasteiger partial charge in [-0.3, -0.25) is 4.79 Å². The Bertz CT molecular complexity index is 854. The molecule has 5 heteroatoms. The highest BCUT2D eigenvalue weighted by Crippen LogP contribution is 2.25. The minimum absolute atomic E-state index is 0.195. The van der Waals surface area contributed by atoms with Crippen LogP contribution in [-0.2, 0) is 17.6 Å². The van der Waals surface area contributed by atoms with E-state index in [1.165, 1.54) is 18.4 Å². The Morgan fingerprint density at radius 3 is 2.91 bits per heavy atom. The van der Waals surface area contributed by atoms with Crippen LogP contribution in [0.3, 0.4) is 0 Å². The number of rotatable bonds is 6. The smallest absolute Gasteiger partial charge is 0.320 e. The first kappa shape index (κ1) is 15.5. The van der Waals surface area contributed by atoms with Crippen molar-refractivity contribution in [3.8, 4) is 0 Å². The molecule has 1 atom stereocenters. The van der Waals surface area contributed by atoms with E-state index in [4.69, 9.17) is 10.8 Å². The van der Waals surface area contributed by atoms with Crippen LogP contribution in [-0.4, -0.2) is 27.1 Å². The van der Waals surface area contributed by atoms with E-state index in [9.17, 15) is 4.79 Å². The van der Waals surface area contributed by atoms with Gasteiger partial charge in [0.25, 0.3) is 0 Å². The summed E-state index contributed by atoms with van der Waals surface area (Å²) in [5.41, 5.74) is 8.71. The van der Waals surface area contributed by atoms with Gasteiger partial charge in [-0.2, -0.15) is 0 Å². The summed E-state index contributed by atoms with van der Waals surface area (Å²) in [6.45, 7) is 2.19. The van der Waals surface area contributed by atoms with Crippen molar-refractivity contribution >= 4 is 27.8 Å². The van der Waals surface area contributed by atoms with Gasteiger partial charge in [0.15, 0.2) is 0 Å². The van der Waals surface area contributed by atoms with Gasteiger partial charge in [-0.25, -0.2) is 4.98 Å². The molecule has 4 N–H and O–H groups in total. The second kappa shape index (κ2) is 6.38. The van der Waals surface area contributed by atoms with E-state index in [2.05, 4.69) is 41.2 Å². The Morgan fingerprint density at radius 1 is 1.35 bits per heavy atom. The van der Waals surface area contributed by atoms with Gasteiger partial charge in [0.2, 0.25) is 0 Å². The number of carboxylic acids is 1. The third-order valence-corrected chi connectivity index (χ3v) is 4.13. The van der Waals surface area contributed by atoms with E-state index >= 15 is 0 Å². The lowest BCUT2D eigenvalue weighted by atomic mass is 10.0. The molecule has 0 saturated heterocycles. The number of nitrogens with zero attached hydrogens (tertiary/aromatic N) is 1. The standard InChI is InChI=1S/C18H21N3O2/c1-2-3-4-11-5-7-13-12(9-11)6-8-15-17(13)21-16(20-15)10-14(19)18(22)23/h5-9,14H,2-4,10,19H2,1H3,(H,20,21)(H,22,23)/t14-/m0/s1. The number of imidazole rings is 1. The fourth-order valence-electron chi connectivity index (χ4n) is 2.83. The fourth-order valence-corrected chi connectivity index (χ4v) is 2.83. The van der Waals surface area contributed by atoms with Gasteiger partial charge in [-0.05, 0) is 29.9 Å². The van der Waals surface area contributed by atoms with Gasteiger partial charge >= 0.3 is 5.97 Å². The lowest BCUT2D eigenvalue weighted by Crippen LogP contribution is -2.32. The van der Waals surface area contributed by atoms with Crippen LogP contribution < -0.4 is 5.73 Å². The summed E-state index contributed by atoms with van der Waals surface area (Å²) in [5, 5.41) is 11.2. The van der Waals surface area contributed by atoms with Crippen molar-refractivity contribution in [2.75, 3.05) is 0 Å². The quantitative estimate of drug-likeness (QED) is 0.652. The molecule has 5 nitrogen and oxygen atoms in total. The van der Waals surface area contributed by atoms with Crippen molar-refractivity contribution in [1.29, 1.82) is 0 Å². The van der Waals surface area contributed by atoms with Crippen LogP contribution in [0.1, 0.15) is 31.2 Å². The van der Waals surface area contributed by atoms with Crippen LogP contribution in [0.15, 0.2) is 30.3 Å².